The maximum absolute atomic E-state index is 11.6. The number of sulfonamides is 1. The Kier molecular flexibility index (Phi) is 4.74. The van der Waals surface area contributed by atoms with Gasteiger partial charge in [0.05, 0.1) is 5.25 Å². The summed E-state index contributed by atoms with van der Waals surface area (Å²) in [7, 11) is -3.24. The summed E-state index contributed by atoms with van der Waals surface area (Å²) in [5.41, 5.74) is 0.876. The molecule has 0 saturated carbocycles. The van der Waals surface area contributed by atoms with E-state index in [1.54, 1.807) is 32.2 Å². The first-order valence-electron chi connectivity index (χ1n) is 6.12. The van der Waals surface area contributed by atoms with E-state index < -0.39 is 15.3 Å². The third-order valence-electron chi connectivity index (χ3n) is 2.64. The highest BCUT2D eigenvalue weighted by atomic mass is 32.2. The summed E-state index contributed by atoms with van der Waals surface area (Å²) < 4.78 is 31.4. The molecule has 0 spiro atoms. The van der Waals surface area contributed by atoms with Crippen molar-refractivity contribution >= 4 is 21.4 Å². The first-order valence-corrected chi connectivity index (χ1v) is 8.55. The van der Waals surface area contributed by atoms with Gasteiger partial charge >= 0.3 is 0 Å². The molecule has 0 bridgehead atoms. The first-order chi connectivity index (χ1) is 9.47. The van der Waals surface area contributed by atoms with E-state index in [1.165, 1.54) is 11.3 Å². The van der Waals surface area contributed by atoms with Gasteiger partial charge in [-0.3, -0.25) is 0 Å². The second-order valence-corrected chi connectivity index (χ2v) is 7.64. The summed E-state index contributed by atoms with van der Waals surface area (Å²) in [6.07, 6.45) is 1.68. The summed E-state index contributed by atoms with van der Waals surface area (Å²) >= 11 is 1.41. The molecule has 108 valence electrons. The van der Waals surface area contributed by atoms with Crippen LogP contribution in [0.5, 0.6) is 10.9 Å². The van der Waals surface area contributed by atoms with Crippen molar-refractivity contribution < 1.29 is 13.2 Å². The number of thiazole rings is 1. The van der Waals surface area contributed by atoms with E-state index in [-0.39, 0.29) is 6.54 Å². The summed E-state index contributed by atoms with van der Waals surface area (Å²) in [5, 5.41) is 1.98. The van der Waals surface area contributed by atoms with Crippen LogP contribution in [-0.2, 0) is 16.6 Å². The van der Waals surface area contributed by atoms with E-state index in [0.29, 0.717) is 10.9 Å². The zero-order valence-corrected chi connectivity index (χ0v) is 12.9. The van der Waals surface area contributed by atoms with Crippen molar-refractivity contribution in [2.75, 3.05) is 0 Å². The average Bonchev–Trinajstić information content (AvgIpc) is 2.91. The standard InChI is InChI=1S/C13H16N2O3S2/c1-10(2)20(16,17)15-9-11-3-5-12(6-4-11)18-13-14-7-8-19-13/h3-8,10,15H,9H2,1-2H3. The van der Waals surface area contributed by atoms with Crippen LogP contribution in [0.2, 0.25) is 0 Å². The van der Waals surface area contributed by atoms with E-state index in [2.05, 4.69) is 9.71 Å². The SMILES string of the molecule is CC(C)S(=O)(=O)NCc1ccc(Oc2nccs2)cc1. The predicted molar refractivity (Wildman–Crippen MR) is 79.5 cm³/mol. The molecule has 0 fully saturated rings. The Balaban J connectivity index is 1.95. The van der Waals surface area contributed by atoms with Crippen molar-refractivity contribution in [3.05, 3.63) is 41.4 Å². The van der Waals surface area contributed by atoms with Crippen LogP contribution >= 0.6 is 11.3 Å². The summed E-state index contributed by atoms with van der Waals surface area (Å²) in [4.78, 5) is 4.03. The third-order valence-corrected chi connectivity index (χ3v) is 5.07. The Labute approximate surface area is 122 Å². The minimum Gasteiger partial charge on any atom is -0.431 e. The molecule has 0 amide bonds. The van der Waals surface area contributed by atoms with Crippen LogP contribution < -0.4 is 9.46 Å². The Morgan fingerprint density at radius 2 is 2.00 bits per heavy atom. The number of nitrogens with one attached hydrogen (secondary N) is 1. The van der Waals surface area contributed by atoms with Crippen LogP contribution in [0.3, 0.4) is 0 Å². The van der Waals surface area contributed by atoms with E-state index in [4.69, 9.17) is 4.74 Å². The van der Waals surface area contributed by atoms with Crippen molar-refractivity contribution in [1.29, 1.82) is 0 Å². The molecular formula is C13H16N2O3S2. The largest absolute Gasteiger partial charge is 0.431 e. The molecule has 5 nitrogen and oxygen atoms in total. The zero-order chi connectivity index (χ0) is 14.6. The quantitative estimate of drug-likeness (QED) is 0.890. The van der Waals surface area contributed by atoms with Crippen LogP contribution in [-0.4, -0.2) is 18.7 Å². The van der Waals surface area contributed by atoms with Crippen molar-refractivity contribution in [1.82, 2.24) is 9.71 Å². The second-order valence-electron chi connectivity index (χ2n) is 4.46. The Morgan fingerprint density at radius 1 is 1.30 bits per heavy atom. The average molecular weight is 312 g/mol. The number of benzene rings is 1. The lowest BCUT2D eigenvalue weighted by molar-refractivity contribution is 0.478. The van der Waals surface area contributed by atoms with Gasteiger partial charge in [0.1, 0.15) is 5.75 Å². The van der Waals surface area contributed by atoms with E-state index >= 15 is 0 Å². The molecule has 2 rings (SSSR count). The van der Waals surface area contributed by atoms with Gasteiger partial charge in [0.15, 0.2) is 0 Å². The molecule has 0 aliphatic rings. The molecule has 7 heteroatoms. The van der Waals surface area contributed by atoms with E-state index in [1.807, 2.05) is 17.5 Å². The Morgan fingerprint density at radius 3 is 2.55 bits per heavy atom. The van der Waals surface area contributed by atoms with Gasteiger partial charge in [0.2, 0.25) is 10.0 Å². The van der Waals surface area contributed by atoms with Crippen molar-refractivity contribution in [2.45, 2.75) is 25.6 Å². The Hall–Kier alpha value is -1.44. The number of rotatable bonds is 6. The maximum Gasteiger partial charge on any atom is 0.278 e. The normalized spacial score (nSPS) is 11.8. The van der Waals surface area contributed by atoms with Gasteiger partial charge in [-0.1, -0.05) is 23.5 Å². The van der Waals surface area contributed by atoms with Gasteiger partial charge in [-0.25, -0.2) is 18.1 Å². The fraction of sp³-hybridized carbons (Fsp3) is 0.308. The third kappa shape index (κ3) is 4.03. The second kappa shape index (κ2) is 6.34. The van der Waals surface area contributed by atoms with Crippen LogP contribution in [0.1, 0.15) is 19.4 Å². The summed E-state index contributed by atoms with van der Waals surface area (Å²) in [6.45, 7) is 3.57. The fourth-order valence-electron chi connectivity index (χ4n) is 1.39. The molecule has 20 heavy (non-hydrogen) atoms. The van der Waals surface area contributed by atoms with E-state index in [0.717, 1.165) is 5.56 Å². The minimum atomic E-state index is -3.24. The molecule has 0 aliphatic heterocycles. The number of hydrogen-bond donors (Lipinski definition) is 1. The molecule has 0 radical (unpaired) electrons. The summed E-state index contributed by atoms with van der Waals surface area (Å²) in [6, 6.07) is 7.23. The van der Waals surface area contributed by atoms with Gasteiger partial charge in [-0.05, 0) is 31.5 Å². The van der Waals surface area contributed by atoms with Gasteiger partial charge < -0.3 is 4.74 Å². The van der Waals surface area contributed by atoms with E-state index in [9.17, 15) is 8.42 Å². The van der Waals surface area contributed by atoms with Crippen molar-refractivity contribution in [3.63, 3.8) is 0 Å². The molecule has 0 saturated heterocycles. The highest BCUT2D eigenvalue weighted by Gasteiger charge is 2.14. The lowest BCUT2D eigenvalue weighted by Gasteiger charge is -2.09. The number of hydrogen-bond acceptors (Lipinski definition) is 5. The number of nitrogens with zero attached hydrogens (tertiary/aromatic N) is 1. The highest BCUT2D eigenvalue weighted by Crippen LogP contribution is 2.23. The predicted octanol–water partition coefficient (Wildman–Crippen LogP) is 2.76. The lowest BCUT2D eigenvalue weighted by atomic mass is 10.2. The topological polar surface area (TPSA) is 68.3 Å². The van der Waals surface area contributed by atoms with Gasteiger partial charge in [0.25, 0.3) is 5.19 Å². The zero-order valence-electron chi connectivity index (χ0n) is 11.2. The number of ether oxygens (including phenoxy) is 1. The molecule has 1 aromatic carbocycles. The number of aromatic nitrogens is 1. The van der Waals surface area contributed by atoms with Crippen LogP contribution in [0.25, 0.3) is 0 Å². The smallest absolute Gasteiger partial charge is 0.278 e. The van der Waals surface area contributed by atoms with Crippen molar-refractivity contribution in [2.24, 2.45) is 0 Å². The van der Waals surface area contributed by atoms with Gasteiger partial charge in [-0.15, -0.1) is 0 Å². The monoisotopic (exact) mass is 312 g/mol. The van der Waals surface area contributed by atoms with Crippen molar-refractivity contribution in [3.8, 4) is 10.9 Å². The van der Waals surface area contributed by atoms with Gasteiger partial charge in [-0.2, -0.15) is 0 Å². The first kappa shape index (κ1) is 15.0. The highest BCUT2D eigenvalue weighted by molar-refractivity contribution is 7.90. The molecule has 1 heterocycles. The molecular weight excluding hydrogens is 296 g/mol. The van der Waals surface area contributed by atoms with Crippen LogP contribution in [0, 0.1) is 0 Å². The Bertz CT molecular complexity index is 635. The molecule has 0 atom stereocenters. The molecule has 1 aromatic heterocycles. The van der Waals surface area contributed by atoms with Crippen LogP contribution in [0.15, 0.2) is 35.8 Å². The van der Waals surface area contributed by atoms with Crippen LogP contribution in [0.4, 0.5) is 0 Å². The molecule has 0 unspecified atom stereocenters. The fourth-order valence-corrected chi connectivity index (χ4v) is 2.59. The molecule has 1 N–H and O–H groups in total. The minimum absolute atomic E-state index is 0.276. The summed E-state index contributed by atoms with van der Waals surface area (Å²) in [5.74, 6) is 0.676. The molecule has 2 aromatic rings. The lowest BCUT2D eigenvalue weighted by Crippen LogP contribution is -2.30. The van der Waals surface area contributed by atoms with Gasteiger partial charge in [0, 0.05) is 18.1 Å². The molecule has 0 aliphatic carbocycles. The maximum atomic E-state index is 11.6.